The van der Waals surface area contributed by atoms with Crippen LogP contribution in [0.25, 0.3) is 0 Å². The molecule has 0 aliphatic carbocycles. The Labute approximate surface area is 118 Å². The van der Waals surface area contributed by atoms with Gasteiger partial charge in [-0.15, -0.1) is 0 Å². The number of primary amides is 1. The topological polar surface area (TPSA) is 101 Å². The molecule has 0 bridgehead atoms. The molecule has 1 saturated heterocycles. The van der Waals surface area contributed by atoms with Crippen molar-refractivity contribution in [3.63, 3.8) is 0 Å². The zero-order chi connectivity index (χ0) is 14.7. The van der Waals surface area contributed by atoms with Crippen molar-refractivity contribution in [2.45, 2.75) is 19.4 Å². The quantitative estimate of drug-likeness (QED) is 0.693. The number of carbonyl (C=O) groups excluding carboxylic acids is 2. The molecule has 0 spiro atoms. The number of hydrogen-bond acceptors (Lipinski definition) is 4. The second kappa shape index (κ2) is 5.92. The fourth-order valence-electron chi connectivity index (χ4n) is 2.40. The Morgan fingerprint density at radius 3 is 2.80 bits per heavy atom. The summed E-state index contributed by atoms with van der Waals surface area (Å²) in [5.41, 5.74) is 12.2. The molecule has 0 radical (unpaired) electrons. The van der Waals surface area contributed by atoms with Crippen LogP contribution in [0.2, 0.25) is 0 Å². The third kappa shape index (κ3) is 3.27. The fraction of sp³-hybridized carbons (Fsp3) is 0.429. The molecule has 2 amide bonds. The normalized spacial score (nSPS) is 20.6. The fourth-order valence-corrected chi connectivity index (χ4v) is 2.40. The maximum absolute atomic E-state index is 12.2. The van der Waals surface area contributed by atoms with E-state index in [2.05, 4.69) is 5.32 Å². The second-order valence-electron chi connectivity index (χ2n) is 5.17. The number of anilines is 2. The number of rotatable bonds is 4. The molecule has 1 heterocycles. The highest BCUT2D eigenvalue weighted by molar-refractivity contribution is 5.95. The third-order valence-electron chi connectivity index (χ3n) is 3.70. The van der Waals surface area contributed by atoms with Crippen LogP contribution in [-0.2, 0) is 9.59 Å². The molecule has 1 aromatic rings. The highest BCUT2D eigenvalue weighted by Gasteiger charge is 2.32. The van der Waals surface area contributed by atoms with Crippen molar-refractivity contribution in [2.24, 2.45) is 11.7 Å². The molecular weight excluding hydrogens is 256 g/mol. The highest BCUT2D eigenvalue weighted by Crippen LogP contribution is 2.19. The number of likely N-dealkylation sites (tertiary alicyclic amines) is 1. The lowest BCUT2D eigenvalue weighted by Crippen LogP contribution is -2.41. The molecule has 1 aliphatic rings. The molecule has 20 heavy (non-hydrogen) atoms. The van der Waals surface area contributed by atoms with Gasteiger partial charge in [-0.05, 0) is 38.1 Å². The number of nitrogens with two attached hydrogens (primary N) is 2. The molecule has 0 saturated carbocycles. The number of nitrogen functional groups attached to an aromatic ring is 1. The highest BCUT2D eigenvalue weighted by atomic mass is 16.2. The molecule has 5 N–H and O–H groups in total. The van der Waals surface area contributed by atoms with Crippen LogP contribution in [-0.4, -0.2) is 35.8 Å². The summed E-state index contributed by atoms with van der Waals surface area (Å²) in [6.07, 6.45) is 0.714. The van der Waals surface area contributed by atoms with Gasteiger partial charge in [0, 0.05) is 17.9 Å². The Kier molecular flexibility index (Phi) is 4.24. The minimum Gasteiger partial charge on any atom is -0.399 e. The predicted molar refractivity (Wildman–Crippen MR) is 77.8 cm³/mol. The average Bonchev–Trinajstić information content (AvgIpc) is 2.87. The van der Waals surface area contributed by atoms with Crippen LogP contribution in [0, 0.1) is 5.92 Å². The maximum Gasteiger partial charge on any atom is 0.241 e. The Balaban J connectivity index is 1.94. The Morgan fingerprint density at radius 2 is 2.20 bits per heavy atom. The van der Waals surface area contributed by atoms with Gasteiger partial charge >= 0.3 is 0 Å². The van der Waals surface area contributed by atoms with E-state index in [1.807, 2.05) is 11.8 Å². The summed E-state index contributed by atoms with van der Waals surface area (Å²) in [4.78, 5) is 25.3. The molecule has 1 aliphatic heterocycles. The van der Waals surface area contributed by atoms with Gasteiger partial charge in [0.25, 0.3) is 0 Å². The lowest BCUT2D eigenvalue weighted by atomic mass is 10.1. The van der Waals surface area contributed by atoms with Gasteiger partial charge in [-0.3, -0.25) is 14.5 Å². The SMILES string of the molecule is CC(C(=O)Nc1cccc(N)c1)N1CCC(C(N)=O)C1. The monoisotopic (exact) mass is 276 g/mol. The van der Waals surface area contributed by atoms with Crippen LogP contribution in [0.1, 0.15) is 13.3 Å². The van der Waals surface area contributed by atoms with E-state index in [0.717, 1.165) is 0 Å². The van der Waals surface area contributed by atoms with E-state index < -0.39 is 0 Å². The number of hydrogen-bond donors (Lipinski definition) is 3. The van der Waals surface area contributed by atoms with Crippen LogP contribution in [0.4, 0.5) is 11.4 Å². The van der Waals surface area contributed by atoms with Gasteiger partial charge in [0.05, 0.1) is 12.0 Å². The minimum absolute atomic E-state index is 0.110. The molecule has 2 unspecified atom stereocenters. The summed E-state index contributed by atoms with van der Waals surface area (Å²) < 4.78 is 0. The van der Waals surface area contributed by atoms with Gasteiger partial charge in [0.15, 0.2) is 0 Å². The Bertz CT molecular complexity index is 518. The van der Waals surface area contributed by atoms with Gasteiger partial charge in [-0.2, -0.15) is 0 Å². The molecule has 6 heteroatoms. The molecule has 2 atom stereocenters. The first kappa shape index (κ1) is 14.3. The number of carbonyl (C=O) groups is 2. The standard InChI is InChI=1S/C14H20N4O2/c1-9(18-6-5-10(8-18)13(16)19)14(20)17-12-4-2-3-11(15)7-12/h2-4,7,9-10H,5-6,8,15H2,1H3,(H2,16,19)(H,17,20). The molecule has 2 rings (SSSR count). The molecular formula is C14H20N4O2. The lowest BCUT2D eigenvalue weighted by Gasteiger charge is -2.23. The van der Waals surface area contributed by atoms with Gasteiger partial charge in [-0.25, -0.2) is 0 Å². The second-order valence-corrected chi connectivity index (χ2v) is 5.17. The summed E-state index contributed by atoms with van der Waals surface area (Å²) in [5.74, 6) is -0.561. The summed E-state index contributed by atoms with van der Waals surface area (Å²) in [5, 5.41) is 2.83. The summed E-state index contributed by atoms with van der Waals surface area (Å²) >= 11 is 0. The first-order valence-corrected chi connectivity index (χ1v) is 6.67. The van der Waals surface area contributed by atoms with Crippen LogP contribution in [0.15, 0.2) is 24.3 Å². The summed E-state index contributed by atoms with van der Waals surface area (Å²) in [7, 11) is 0. The van der Waals surface area contributed by atoms with E-state index in [1.54, 1.807) is 24.3 Å². The lowest BCUT2D eigenvalue weighted by molar-refractivity contribution is -0.123. The van der Waals surface area contributed by atoms with E-state index in [-0.39, 0.29) is 23.8 Å². The largest absolute Gasteiger partial charge is 0.399 e. The van der Waals surface area contributed by atoms with Crippen LogP contribution in [0.5, 0.6) is 0 Å². The molecule has 0 aromatic heterocycles. The van der Waals surface area contributed by atoms with E-state index in [1.165, 1.54) is 0 Å². The number of nitrogens with zero attached hydrogens (tertiary/aromatic N) is 1. The van der Waals surface area contributed by atoms with Crippen molar-refractivity contribution in [1.82, 2.24) is 4.90 Å². The van der Waals surface area contributed by atoms with E-state index in [4.69, 9.17) is 11.5 Å². The predicted octanol–water partition coefficient (Wildman–Crippen LogP) is 0.403. The van der Waals surface area contributed by atoms with E-state index in [9.17, 15) is 9.59 Å². The molecule has 6 nitrogen and oxygen atoms in total. The van der Waals surface area contributed by atoms with Crippen molar-refractivity contribution < 1.29 is 9.59 Å². The van der Waals surface area contributed by atoms with Crippen molar-refractivity contribution in [3.05, 3.63) is 24.3 Å². The maximum atomic E-state index is 12.2. The van der Waals surface area contributed by atoms with E-state index >= 15 is 0 Å². The van der Waals surface area contributed by atoms with E-state index in [0.29, 0.717) is 30.9 Å². The first-order chi connectivity index (χ1) is 9.47. The van der Waals surface area contributed by atoms with Crippen LogP contribution in [0.3, 0.4) is 0 Å². The zero-order valence-electron chi connectivity index (χ0n) is 11.5. The minimum atomic E-state index is -0.305. The number of nitrogens with one attached hydrogen (secondary N) is 1. The van der Waals surface area contributed by atoms with Crippen molar-refractivity contribution in [3.8, 4) is 0 Å². The zero-order valence-corrected chi connectivity index (χ0v) is 11.5. The number of amides is 2. The van der Waals surface area contributed by atoms with Crippen molar-refractivity contribution in [2.75, 3.05) is 24.1 Å². The average molecular weight is 276 g/mol. The van der Waals surface area contributed by atoms with Crippen LogP contribution < -0.4 is 16.8 Å². The number of benzene rings is 1. The first-order valence-electron chi connectivity index (χ1n) is 6.67. The smallest absolute Gasteiger partial charge is 0.241 e. The van der Waals surface area contributed by atoms with Crippen LogP contribution >= 0.6 is 0 Å². The Hall–Kier alpha value is -2.08. The van der Waals surface area contributed by atoms with Gasteiger partial charge in [0.1, 0.15) is 0 Å². The summed E-state index contributed by atoms with van der Waals surface area (Å²) in [6.45, 7) is 3.07. The Morgan fingerprint density at radius 1 is 1.45 bits per heavy atom. The van der Waals surface area contributed by atoms with Gasteiger partial charge in [0.2, 0.25) is 11.8 Å². The van der Waals surface area contributed by atoms with Crippen molar-refractivity contribution >= 4 is 23.2 Å². The molecule has 1 aromatic carbocycles. The molecule has 108 valence electrons. The summed E-state index contributed by atoms with van der Waals surface area (Å²) in [6, 6.07) is 6.74. The van der Waals surface area contributed by atoms with Crippen molar-refractivity contribution in [1.29, 1.82) is 0 Å². The third-order valence-corrected chi connectivity index (χ3v) is 3.70. The molecule has 1 fully saturated rings. The van der Waals surface area contributed by atoms with Gasteiger partial charge in [-0.1, -0.05) is 6.07 Å². The van der Waals surface area contributed by atoms with Gasteiger partial charge < -0.3 is 16.8 Å².